The van der Waals surface area contributed by atoms with Crippen molar-refractivity contribution in [3.63, 3.8) is 0 Å². The van der Waals surface area contributed by atoms with Crippen LogP contribution in [0.15, 0.2) is 18.7 Å². The van der Waals surface area contributed by atoms with E-state index in [4.69, 9.17) is 80.5 Å². The van der Waals surface area contributed by atoms with Gasteiger partial charge in [0.25, 0.3) is 0 Å². The van der Waals surface area contributed by atoms with Crippen LogP contribution in [0, 0.1) is 0 Å². The van der Waals surface area contributed by atoms with E-state index in [1.54, 1.807) is 30.4 Å². The van der Waals surface area contributed by atoms with Crippen molar-refractivity contribution in [3.8, 4) is 0 Å². The van der Waals surface area contributed by atoms with E-state index < -0.39 is 54.5 Å². The van der Waals surface area contributed by atoms with Gasteiger partial charge in [-0.25, -0.2) is 9.13 Å². The van der Waals surface area contributed by atoms with Crippen LogP contribution >= 0.6 is 0 Å². The van der Waals surface area contributed by atoms with Gasteiger partial charge >= 0.3 is 23.9 Å². The average Bonchev–Trinajstić information content (AvgIpc) is 3.74. The van der Waals surface area contributed by atoms with Gasteiger partial charge < -0.3 is 80.5 Å². The maximum atomic E-state index is 12.1. The third-order valence-electron chi connectivity index (χ3n) is 8.62. The molecule has 0 aliphatic carbocycles. The zero-order valence-electron chi connectivity index (χ0n) is 38.8. The quantitative estimate of drug-likeness (QED) is 0.0359. The number of esters is 4. The monoisotopic (exact) mass is 941 g/mol. The molecular formula is C42H73N2O21+. The molecule has 65 heavy (non-hydrogen) atoms. The van der Waals surface area contributed by atoms with Crippen LogP contribution in [0.1, 0.15) is 33.9 Å². The Morgan fingerprint density at radius 2 is 0.800 bits per heavy atom. The summed E-state index contributed by atoms with van der Waals surface area (Å²) in [6, 6.07) is 0. The number of rotatable bonds is 42. The SMILES string of the molecule is COCCOCCOCCOCCOCCOCCOCCOCCOCCOCCOCCOCC[n+]1ccn([C@@H]2O[C@H](COC(C)=O)[C@@H](OC(C)=O)[C@H](OC(C)=O)[C@H]2OC(C)=O)c1. The highest BCUT2D eigenvalue weighted by Gasteiger charge is 2.54. The number of hydrogen-bond donors (Lipinski definition) is 0. The summed E-state index contributed by atoms with van der Waals surface area (Å²) in [7, 11) is 1.64. The third kappa shape index (κ3) is 29.8. The van der Waals surface area contributed by atoms with Gasteiger partial charge in [0.2, 0.25) is 18.7 Å². The lowest BCUT2D eigenvalue weighted by Gasteiger charge is -2.42. The van der Waals surface area contributed by atoms with Crippen LogP contribution in [0.25, 0.3) is 0 Å². The fourth-order valence-corrected chi connectivity index (χ4v) is 5.75. The maximum Gasteiger partial charge on any atom is 0.303 e. The lowest BCUT2D eigenvalue weighted by Crippen LogP contribution is -2.60. The number of nitrogens with zero attached hydrogens (tertiary/aromatic N) is 2. The Labute approximate surface area is 381 Å². The molecule has 0 N–H and O–H groups in total. The molecule has 1 aromatic rings. The van der Waals surface area contributed by atoms with Gasteiger partial charge in [-0.3, -0.25) is 19.2 Å². The topological polar surface area (TPSA) is 234 Å². The second kappa shape index (κ2) is 38.7. The van der Waals surface area contributed by atoms with E-state index in [1.807, 2.05) is 4.57 Å². The van der Waals surface area contributed by atoms with Crippen LogP contribution in [-0.2, 0) is 106 Å². The minimum Gasteiger partial charge on any atom is -0.463 e. The molecular weight excluding hydrogens is 868 g/mol. The fourth-order valence-electron chi connectivity index (χ4n) is 5.75. The largest absolute Gasteiger partial charge is 0.463 e. The summed E-state index contributed by atoms with van der Waals surface area (Å²) in [5.41, 5.74) is 0. The zero-order valence-corrected chi connectivity index (χ0v) is 38.8. The highest BCUT2D eigenvalue weighted by molar-refractivity contribution is 5.68. The van der Waals surface area contributed by atoms with Crippen LogP contribution in [0.4, 0.5) is 0 Å². The number of ether oxygens (including phenoxy) is 17. The minimum atomic E-state index is -1.27. The molecule has 376 valence electrons. The normalized spacial score (nSPS) is 18.4. The first-order valence-electron chi connectivity index (χ1n) is 21.8. The number of carbonyl (C=O) groups excluding carboxylic acids is 4. The van der Waals surface area contributed by atoms with E-state index in [1.165, 1.54) is 27.7 Å². The zero-order chi connectivity index (χ0) is 47.2. The van der Waals surface area contributed by atoms with Crippen LogP contribution < -0.4 is 4.57 Å². The maximum absolute atomic E-state index is 12.1. The van der Waals surface area contributed by atoms with Gasteiger partial charge in [-0.15, -0.1) is 0 Å². The molecule has 0 aromatic carbocycles. The van der Waals surface area contributed by atoms with Crippen molar-refractivity contribution in [2.75, 3.05) is 166 Å². The summed E-state index contributed by atoms with van der Waals surface area (Å²) in [6.07, 6.45) is -0.712. The van der Waals surface area contributed by atoms with Gasteiger partial charge in [-0.2, -0.15) is 0 Å². The van der Waals surface area contributed by atoms with E-state index in [0.717, 1.165) is 0 Å². The van der Waals surface area contributed by atoms with Gasteiger partial charge in [-0.05, 0) is 0 Å². The third-order valence-corrected chi connectivity index (χ3v) is 8.62. The number of aromatic nitrogens is 2. The van der Waals surface area contributed by atoms with Crippen LogP contribution in [0.2, 0.25) is 0 Å². The molecule has 2 heterocycles. The average molecular weight is 942 g/mol. The molecule has 2 rings (SSSR count). The molecule has 0 amide bonds. The fraction of sp³-hybridized carbons (Fsp3) is 0.833. The highest BCUT2D eigenvalue weighted by Crippen LogP contribution is 2.34. The first-order valence-corrected chi connectivity index (χ1v) is 21.8. The van der Waals surface area contributed by atoms with E-state index in [9.17, 15) is 19.2 Å². The Morgan fingerprint density at radius 1 is 0.462 bits per heavy atom. The molecule has 1 aliphatic heterocycles. The highest BCUT2D eigenvalue weighted by atomic mass is 16.7. The van der Waals surface area contributed by atoms with Gasteiger partial charge in [0, 0.05) is 34.8 Å². The summed E-state index contributed by atoms with van der Waals surface area (Å²) < 4.78 is 96.6. The van der Waals surface area contributed by atoms with Crippen molar-refractivity contribution in [1.82, 2.24) is 4.57 Å². The Bertz CT molecular complexity index is 1370. The van der Waals surface area contributed by atoms with Crippen molar-refractivity contribution >= 4 is 23.9 Å². The Balaban J connectivity index is 1.43. The predicted molar refractivity (Wildman–Crippen MR) is 223 cm³/mol. The number of carbonyl (C=O) groups is 4. The van der Waals surface area contributed by atoms with E-state index in [2.05, 4.69) is 0 Å². The molecule has 0 saturated carbocycles. The smallest absolute Gasteiger partial charge is 0.303 e. The predicted octanol–water partition coefficient (Wildman–Crippen LogP) is -0.140. The van der Waals surface area contributed by atoms with Crippen molar-refractivity contribution < 1.29 is 104 Å². The van der Waals surface area contributed by atoms with Crippen molar-refractivity contribution in [2.24, 2.45) is 0 Å². The number of imidazole rings is 1. The molecule has 1 aromatic heterocycles. The second-order valence-corrected chi connectivity index (χ2v) is 13.9. The molecule has 0 radical (unpaired) electrons. The summed E-state index contributed by atoms with van der Waals surface area (Å²) in [4.78, 5) is 47.9. The molecule has 1 fully saturated rings. The Kier molecular flexibility index (Phi) is 34.3. The molecule has 0 spiro atoms. The van der Waals surface area contributed by atoms with E-state index in [-0.39, 0.29) is 6.61 Å². The summed E-state index contributed by atoms with van der Waals surface area (Å²) in [5, 5.41) is 0. The van der Waals surface area contributed by atoms with Gasteiger partial charge in [0.05, 0.1) is 152 Å². The lowest BCUT2D eigenvalue weighted by atomic mass is 9.97. The van der Waals surface area contributed by atoms with Crippen LogP contribution in [0.5, 0.6) is 0 Å². The Morgan fingerprint density at radius 3 is 1.15 bits per heavy atom. The number of methoxy groups -OCH3 is 1. The van der Waals surface area contributed by atoms with E-state index in [0.29, 0.717) is 159 Å². The molecule has 23 heteroatoms. The van der Waals surface area contributed by atoms with Crippen LogP contribution in [0.3, 0.4) is 0 Å². The molecule has 5 atom stereocenters. The van der Waals surface area contributed by atoms with Crippen molar-refractivity contribution in [1.29, 1.82) is 0 Å². The first-order chi connectivity index (χ1) is 31.6. The van der Waals surface area contributed by atoms with Crippen LogP contribution in [-0.4, -0.2) is 219 Å². The molecule has 0 bridgehead atoms. The van der Waals surface area contributed by atoms with Gasteiger partial charge in [-0.1, -0.05) is 0 Å². The first kappa shape index (κ1) is 57.7. The molecule has 1 aliphatic rings. The summed E-state index contributed by atoms with van der Waals surface area (Å²) >= 11 is 0. The summed E-state index contributed by atoms with van der Waals surface area (Å²) in [6.45, 7) is 15.6. The molecule has 1 saturated heterocycles. The minimum absolute atomic E-state index is 0.317. The van der Waals surface area contributed by atoms with Crippen molar-refractivity contribution in [2.45, 2.75) is 64.9 Å². The van der Waals surface area contributed by atoms with Gasteiger partial charge in [0.1, 0.15) is 31.6 Å². The Hall–Kier alpha value is -3.43. The molecule has 23 nitrogen and oxygen atoms in total. The standard InChI is InChI=1S/C42H73N2O21/c1-34(45)61-32-38-39(62-35(2)46)40(63-36(3)47)41(64-37(4)48)42(65-38)44-7-6-43(33-44)8-9-50-12-13-52-16-17-54-20-21-56-24-25-58-28-29-60-31-30-59-27-26-57-23-22-55-19-18-53-15-14-51-11-10-49-5/h6-7,33,38-42H,8-32H2,1-5H3/q+1/t38-,39-,40+,41-,42-/m1/s1. The molecule has 0 unspecified atom stereocenters. The van der Waals surface area contributed by atoms with E-state index >= 15 is 0 Å². The lowest BCUT2D eigenvalue weighted by molar-refractivity contribution is -0.698. The van der Waals surface area contributed by atoms with Crippen molar-refractivity contribution in [3.05, 3.63) is 18.7 Å². The second-order valence-electron chi connectivity index (χ2n) is 13.9. The van der Waals surface area contributed by atoms with Gasteiger partial charge in [0.15, 0.2) is 12.2 Å². The number of hydrogen-bond acceptors (Lipinski definition) is 21. The summed E-state index contributed by atoms with van der Waals surface area (Å²) in [5.74, 6) is -2.69.